The van der Waals surface area contributed by atoms with Crippen LogP contribution >= 0.6 is 0 Å². The zero-order chi connectivity index (χ0) is 11.6. The predicted molar refractivity (Wildman–Crippen MR) is 57.8 cm³/mol. The second-order valence-electron chi connectivity index (χ2n) is 4.83. The molecular weight excluding hydrogens is 208 g/mol. The first-order chi connectivity index (χ1) is 7.59. The first-order valence-corrected chi connectivity index (χ1v) is 5.50. The number of hydrogen-bond acceptors (Lipinski definition) is 5. The van der Waals surface area contributed by atoms with Gasteiger partial charge in [-0.15, -0.1) is 0 Å². The van der Waals surface area contributed by atoms with Crippen LogP contribution in [0.25, 0.3) is 0 Å². The number of ether oxygens (including phenoxy) is 1. The van der Waals surface area contributed by atoms with Gasteiger partial charge in [-0.1, -0.05) is 5.16 Å². The van der Waals surface area contributed by atoms with Gasteiger partial charge in [0.25, 0.3) is 0 Å². The molecule has 2 heterocycles. The van der Waals surface area contributed by atoms with E-state index in [0.29, 0.717) is 6.54 Å². The maximum Gasteiger partial charge on any atom is 0.150 e. The van der Waals surface area contributed by atoms with Crippen LogP contribution in [0.1, 0.15) is 19.6 Å². The second-order valence-corrected chi connectivity index (χ2v) is 4.83. The van der Waals surface area contributed by atoms with Crippen molar-refractivity contribution in [3.63, 3.8) is 0 Å². The number of morpholine rings is 1. The van der Waals surface area contributed by atoms with E-state index in [1.807, 2.05) is 19.9 Å². The van der Waals surface area contributed by atoms with Crippen LogP contribution in [0, 0.1) is 0 Å². The predicted octanol–water partition coefficient (Wildman–Crippen LogP) is 0.646. The molecule has 1 aliphatic rings. The number of rotatable bonds is 3. The maximum absolute atomic E-state index is 9.18. The fourth-order valence-corrected chi connectivity index (χ4v) is 2.18. The molecule has 90 valence electrons. The molecule has 2 rings (SSSR count). The molecule has 1 unspecified atom stereocenters. The van der Waals surface area contributed by atoms with Crippen LogP contribution in [0.15, 0.2) is 16.8 Å². The van der Waals surface area contributed by atoms with Gasteiger partial charge in [-0.25, -0.2) is 0 Å². The van der Waals surface area contributed by atoms with E-state index >= 15 is 0 Å². The monoisotopic (exact) mass is 226 g/mol. The van der Waals surface area contributed by atoms with Gasteiger partial charge < -0.3 is 14.4 Å². The molecule has 1 atom stereocenters. The van der Waals surface area contributed by atoms with E-state index in [4.69, 9.17) is 9.26 Å². The Kier molecular flexibility index (Phi) is 3.28. The van der Waals surface area contributed by atoms with Crippen LogP contribution in [0.5, 0.6) is 0 Å². The Morgan fingerprint density at radius 3 is 3.06 bits per heavy atom. The van der Waals surface area contributed by atoms with E-state index in [2.05, 4.69) is 10.1 Å². The van der Waals surface area contributed by atoms with Crippen molar-refractivity contribution in [2.45, 2.75) is 32.1 Å². The van der Waals surface area contributed by atoms with Gasteiger partial charge in [-0.3, -0.25) is 4.90 Å². The summed E-state index contributed by atoms with van der Waals surface area (Å²) in [5, 5.41) is 12.9. The van der Waals surface area contributed by atoms with Crippen molar-refractivity contribution in [1.29, 1.82) is 0 Å². The quantitative estimate of drug-likeness (QED) is 0.820. The standard InChI is InChI=1S/C11H18N2O3/c1-11(2)8-13(6-10(7-14)15-11)5-9-3-4-12-16-9/h3-4,10,14H,5-8H2,1-2H3. The second kappa shape index (κ2) is 4.53. The molecule has 1 N–H and O–H groups in total. The SMILES string of the molecule is CC1(C)CN(Cc2ccno2)CC(CO)O1. The minimum atomic E-state index is -0.230. The fraction of sp³-hybridized carbons (Fsp3) is 0.727. The Bertz CT molecular complexity index is 324. The lowest BCUT2D eigenvalue weighted by atomic mass is 10.1. The summed E-state index contributed by atoms with van der Waals surface area (Å²) in [6, 6.07) is 1.86. The summed E-state index contributed by atoms with van der Waals surface area (Å²) in [6.07, 6.45) is 1.52. The molecule has 0 aromatic carbocycles. The zero-order valence-electron chi connectivity index (χ0n) is 9.72. The third-order valence-corrected chi connectivity index (χ3v) is 2.63. The number of aliphatic hydroxyl groups is 1. The molecule has 1 fully saturated rings. The Labute approximate surface area is 95.0 Å². The van der Waals surface area contributed by atoms with Crippen LogP contribution in [0.4, 0.5) is 0 Å². The molecule has 1 aromatic heterocycles. The highest BCUT2D eigenvalue weighted by Crippen LogP contribution is 2.22. The van der Waals surface area contributed by atoms with Crippen molar-refractivity contribution in [2.24, 2.45) is 0 Å². The lowest BCUT2D eigenvalue weighted by Crippen LogP contribution is -2.53. The number of aliphatic hydroxyl groups excluding tert-OH is 1. The van der Waals surface area contributed by atoms with Gasteiger partial charge in [0, 0.05) is 19.2 Å². The van der Waals surface area contributed by atoms with E-state index in [-0.39, 0.29) is 18.3 Å². The number of hydrogen-bond donors (Lipinski definition) is 1. The van der Waals surface area contributed by atoms with Gasteiger partial charge in [-0.05, 0) is 13.8 Å². The van der Waals surface area contributed by atoms with Crippen molar-refractivity contribution in [2.75, 3.05) is 19.7 Å². The fourth-order valence-electron chi connectivity index (χ4n) is 2.18. The highest BCUT2D eigenvalue weighted by molar-refractivity contribution is 4.95. The Morgan fingerprint density at radius 2 is 2.44 bits per heavy atom. The first-order valence-electron chi connectivity index (χ1n) is 5.50. The van der Waals surface area contributed by atoms with Crippen molar-refractivity contribution >= 4 is 0 Å². The van der Waals surface area contributed by atoms with Crippen LogP contribution in [-0.4, -0.2) is 46.6 Å². The van der Waals surface area contributed by atoms with Crippen LogP contribution in [0.3, 0.4) is 0 Å². The molecule has 0 amide bonds. The maximum atomic E-state index is 9.18. The van der Waals surface area contributed by atoms with E-state index in [1.165, 1.54) is 0 Å². The Balaban J connectivity index is 1.99. The summed E-state index contributed by atoms with van der Waals surface area (Å²) in [5.74, 6) is 0.842. The molecule has 1 saturated heterocycles. The van der Waals surface area contributed by atoms with Gasteiger partial charge in [0.05, 0.1) is 31.1 Å². The average molecular weight is 226 g/mol. The molecule has 0 bridgehead atoms. The van der Waals surface area contributed by atoms with Crippen LogP contribution in [0.2, 0.25) is 0 Å². The van der Waals surface area contributed by atoms with Gasteiger partial charge in [0.15, 0.2) is 5.76 Å². The molecule has 1 aromatic rings. The summed E-state index contributed by atoms with van der Waals surface area (Å²) >= 11 is 0. The smallest absolute Gasteiger partial charge is 0.150 e. The minimum absolute atomic E-state index is 0.0519. The first kappa shape index (κ1) is 11.6. The van der Waals surface area contributed by atoms with Gasteiger partial charge >= 0.3 is 0 Å². The molecule has 0 saturated carbocycles. The van der Waals surface area contributed by atoms with E-state index in [0.717, 1.165) is 18.8 Å². The summed E-state index contributed by atoms with van der Waals surface area (Å²) in [4.78, 5) is 2.21. The summed E-state index contributed by atoms with van der Waals surface area (Å²) in [7, 11) is 0. The van der Waals surface area contributed by atoms with Crippen molar-refractivity contribution in [1.82, 2.24) is 10.1 Å². The van der Waals surface area contributed by atoms with E-state index in [1.54, 1.807) is 6.20 Å². The van der Waals surface area contributed by atoms with Crippen LogP contribution < -0.4 is 0 Å². The number of nitrogens with zero attached hydrogens (tertiary/aromatic N) is 2. The summed E-state index contributed by atoms with van der Waals surface area (Å²) in [6.45, 7) is 6.37. The average Bonchev–Trinajstić information content (AvgIpc) is 2.67. The highest BCUT2D eigenvalue weighted by Gasteiger charge is 2.33. The topological polar surface area (TPSA) is 58.7 Å². The molecule has 16 heavy (non-hydrogen) atoms. The van der Waals surface area contributed by atoms with Gasteiger partial charge in [-0.2, -0.15) is 0 Å². The molecule has 5 heteroatoms. The molecule has 1 aliphatic heterocycles. The largest absolute Gasteiger partial charge is 0.394 e. The summed E-state index contributed by atoms with van der Waals surface area (Å²) < 4.78 is 10.8. The lowest BCUT2D eigenvalue weighted by Gasteiger charge is -2.41. The van der Waals surface area contributed by atoms with Crippen molar-refractivity contribution in [3.05, 3.63) is 18.0 Å². The third-order valence-electron chi connectivity index (χ3n) is 2.63. The Hall–Kier alpha value is -0.910. The molecule has 0 radical (unpaired) electrons. The van der Waals surface area contributed by atoms with E-state index in [9.17, 15) is 5.11 Å². The van der Waals surface area contributed by atoms with Crippen molar-refractivity contribution < 1.29 is 14.4 Å². The van der Waals surface area contributed by atoms with E-state index < -0.39 is 0 Å². The van der Waals surface area contributed by atoms with Crippen molar-refractivity contribution in [3.8, 4) is 0 Å². The highest BCUT2D eigenvalue weighted by atomic mass is 16.5. The summed E-state index contributed by atoms with van der Waals surface area (Å²) in [5.41, 5.74) is -0.230. The number of aromatic nitrogens is 1. The lowest BCUT2D eigenvalue weighted by molar-refractivity contribution is -0.151. The van der Waals surface area contributed by atoms with Crippen LogP contribution in [-0.2, 0) is 11.3 Å². The zero-order valence-corrected chi connectivity index (χ0v) is 9.72. The van der Waals surface area contributed by atoms with Gasteiger partial charge in [0.2, 0.25) is 0 Å². The third kappa shape index (κ3) is 2.81. The minimum Gasteiger partial charge on any atom is -0.394 e. The van der Waals surface area contributed by atoms with Gasteiger partial charge in [0.1, 0.15) is 0 Å². The normalized spacial score (nSPS) is 25.8. The molecule has 5 nitrogen and oxygen atoms in total. The molecular formula is C11H18N2O3. The Morgan fingerprint density at radius 1 is 1.62 bits per heavy atom. The molecule has 0 spiro atoms. The molecule has 0 aliphatic carbocycles.